The highest BCUT2D eigenvalue weighted by atomic mass is 16.5. The number of hydrogen-bond acceptors (Lipinski definition) is 6. The van der Waals surface area contributed by atoms with Gasteiger partial charge in [-0.1, -0.05) is 30.3 Å². The average Bonchev–Trinajstić information content (AvgIpc) is 3.08. The fourth-order valence-corrected chi connectivity index (χ4v) is 2.55. The summed E-state index contributed by atoms with van der Waals surface area (Å²) in [6, 6.07) is 10.5. The van der Waals surface area contributed by atoms with E-state index >= 15 is 0 Å². The van der Waals surface area contributed by atoms with Crippen molar-refractivity contribution in [3.05, 3.63) is 59.7 Å². The maximum absolute atomic E-state index is 12.6. The van der Waals surface area contributed by atoms with Crippen LogP contribution >= 0.6 is 0 Å². The highest BCUT2D eigenvalue weighted by Crippen LogP contribution is 2.18. The second kappa shape index (κ2) is 7.73. The molecule has 2 aromatic heterocycles. The molecule has 0 aliphatic rings. The summed E-state index contributed by atoms with van der Waals surface area (Å²) < 4.78 is 6.51. The van der Waals surface area contributed by atoms with Gasteiger partial charge in [0.05, 0.1) is 19.1 Å². The van der Waals surface area contributed by atoms with Gasteiger partial charge in [-0.15, -0.1) is 5.10 Å². The standard InChI is InChI=1S/C18H19N5O3/c1-3-26-15(24)11-14(13-7-5-4-6-8-13)20-17(25)16-21-18-19-10-9-12(2)23(18)22-16/h4-10,14H,3,11H2,1-2H3,(H,20,25). The van der Waals surface area contributed by atoms with Gasteiger partial charge >= 0.3 is 5.97 Å². The third-order valence-electron chi connectivity index (χ3n) is 3.82. The van der Waals surface area contributed by atoms with Gasteiger partial charge in [0.2, 0.25) is 5.82 Å². The van der Waals surface area contributed by atoms with Crippen molar-refractivity contribution in [1.29, 1.82) is 0 Å². The number of fused-ring (bicyclic) bond motifs is 1. The van der Waals surface area contributed by atoms with Crippen LogP contribution in [0.4, 0.5) is 0 Å². The Balaban J connectivity index is 1.83. The summed E-state index contributed by atoms with van der Waals surface area (Å²) in [5.41, 5.74) is 1.61. The predicted molar refractivity (Wildman–Crippen MR) is 93.4 cm³/mol. The Labute approximate surface area is 150 Å². The van der Waals surface area contributed by atoms with Gasteiger partial charge in [-0.05, 0) is 25.5 Å². The van der Waals surface area contributed by atoms with E-state index < -0.39 is 11.9 Å². The zero-order valence-corrected chi connectivity index (χ0v) is 14.5. The third-order valence-corrected chi connectivity index (χ3v) is 3.82. The SMILES string of the molecule is CCOC(=O)CC(NC(=O)c1nc2nccc(C)n2n1)c1ccccc1. The lowest BCUT2D eigenvalue weighted by molar-refractivity contribution is -0.143. The fourth-order valence-electron chi connectivity index (χ4n) is 2.55. The lowest BCUT2D eigenvalue weighted by Crippen LogP contribution is -2.31. The Morgan fingerprint density at radius 1 is 1.23 bits per heavy atom. The van der Waals surface area contributed by atoms with Crippen LogP contribution in [0.5, 0.6) is 0 Å². The van der Waals surface area contributed by atoms with E-state index in [1.54, 1.807) is 19.2 Å². The largest absolute Gasteiger partial charge is 0.466 e. The zero-order chi connectivity index (χ0) is 18.5. The van der Waals surface area contributed by atoms with Crippen molar-refractivity contribution in [2.75, 3.05) is 6.61 Å². The number of esters is 1. The van der Waals surface area contributed by atoms with Gasteiger partial charge in [-0.25, -0.2) is 9.50 Å². The van der Waals surface area contributed by atoms with Crippen LogP contribution in [-0.2, 0) is 9.53 Å². The van der Waals surface area contributed by atoms with Crippen LogP contribution in [0.3, 0.4) is 0 Å². The van der Waals surface area contributed by atoms with E-state index in [1.165, 1.54) is 4.52 Å². The molecule has 134 valence electrons. The first kappa shape index (κ1) is 17.5. The van der Waals surface area contributed by atoms with Gasteiger partial charge in [0.15, 0.2) is 0 Å². The first-order valence-corrected chi connectivity index (χ1v) is 8.28. The number of hydrogen-bond donors (Lipinski definition) is 1. The Bertz CT molecular complexity index is 923. The topological polar surface area (TPSA) is 98.5 Å². The first-order chi connectivity index (χ1) is 12.6. The second-order valence-corrected chi connectivity index (χ2v) is 5.68. The van der Waals surface area contributed by atoms with Crippen molar-refractivity contribution in [3.8, 4) is 0 Å². The molecule has 1 unspecified atom stereocenters. The maximum atomic E-state index is 12.6. The molecule has 0 aliphatic carbocycles. The summed E-state index contributed by atoms with van der Waals surface area (Å²) in [5.74, 6) is -0.524. The molecular formula is C18H19N5O3. The quantitative estimate of drug-likeness (QED) is 0.679. The molecule has 1 atom stereocenters. The predicted octanol–water partition coefficient (Wildman–Crippen LogP) is 1.86. The normalized spacial score (nSPS) is 11.9. The molecular weight excluding hydrogens is 334 g/mol. The molecule has 2 heterocycles. The van der Waals surface area contributed by atoms with Crippen molar-refractivity contribution in [1.82, 2.24) is 24.9 Å². The molecule has 3 aromatic rings. The van der Waals surface area contributed by atoms with Crippen LogP contribution in [0.2, 0.25) is 0 Å². The van der Waals surface area contributed by atoms with Gasteiger partial charge < -0.3 is 10.1 Å². The number of rotatable bonds is 6. The molecule has 0 saturated carbocycles. The van der Waals surface area contributed by atoms with Gasteiger partial charge in [-0.2, -0.15) is 4.98 Å². The number of nitrogens with one attached hydrogen (secondary N) is 1. The molecule has 8 nitrogen and oxygen atoms in total. The lowest BCUT2D eigenvalue weighted by Gasteiger charge is -2.17. The van der Waals surface area contributed by atoms with E-state index in [0.29, 0.717) is 5.78 Å². The van der Waals surface area contributed by atoms with Crippen LogP contribution < -0.4 is 5.32 Å². The number of aryl methyl sites for hydroxylation is 1. The van der Waals surface area contributed by atoms with E-state index in [2.05, 4.69) is 20.4 Å². The van der Waals surface area contributed by atoms with Crippen LogP contribution in [0.25, 0.3) is 5.78 Å². The van der Waals surface area contributed by atoms with Crippen LogP contribution in [0.15, 0.2) is 42.6 Å². The molecule has 0 radical (unpaired) electrons. The van der Waals surface area contributed by atoms with Crippen LogP contribution in [-0.4, -0.2) is 38.1 Å². The molecule has 0 saturated heterocycles. The summed E-state index contributed by atoms with van der Waals surface area (Å²) in [5, 5.41) is 7.00. The molecule has 1 N–H and O–H groups in total. The molecule has 1 amide bonds. The number of aromatic nitrogens is 4. The Morgan fingerprint density at radius 2 is 2.00 bits per heavy atom. The fraction of sp³-hybridized carbons (Fsp3) is 0.278. The minimum absolute atomic E-state index is 0.00316. The highest BCUT2D eigenvalue weighted by molar-refractivity contribution is 5.91. The van der Waals surface area contributed by atoms with Gasteiger partial charge in [0.25, 0.3) is 11.7 Å². The van der Waals surface area contributed by atoms with Crippen molar-refractivity contribution in [2.45, 2.75) is 26.3 Å². The van der Waals surface area contributed by atoms with E-state index in [4.69, 9.17) is 4.74 Å². The molecule has 26 heavy (non-hydrogen) atoms. The molecule has 1 aromatic carbocycles. The van der Waals surface area contributed by atoms with Gasteiger partial charge in [0, 0.05) is 11.9 Å². The van der Waals surface area contributed by atoms with Crippen molar-refractivity contribution in [3.63, 3.8) is 0 Å². The van der Waals surface area contributed by atoms with Crippen molar-refractivity contribution in [2.24, 2.45) is 0 Å². The van der Waals surface area contributed by atoms with E-state index in [1.807, 2.05) is 37.3 Å². The van der Waals surface area contributed by atoms with Crippen molar-refractivity contribution < 1.29 is 14.3 Å². The molecule has 0 spiro atoms. The Morgan fingerprint density at radius 3 is 2.69 bits per heavy atom. The summed E-state index contributed by atoms with van der Waals surface area (Å²) in [7, 11) is 0. The average molecular weight is 353 g/mol. The summed E-state index contributed by atoms with van der Waals surface area (Å²) in [6.45, 7) is 3.87. The highest BCUT2D eigenvalue weighted by Gasteiger charge is 2.22. The zero-order valence-electron chi connectivity index (χ0n) is 14.5. The second-order valence-electron chi connectivity index (χ2n) is 5.68. The molecule has 8 heteroatoms. The smallest absolute Gasteiger partial charge is 0.308 e. The third kappa shape index (κ3) is 3.85. The van der Waals surface area contributed by atoms with Crippen molar-refractivity contribution >= 4 is 17.7 Å². The van der Waals surface area contributed by atoms with Crippen LogP contribution in [0, 0.1) is 6.92 Å². The summed E-state index contributed by atoms with van der Waals surface area (Å²) in [4.78, 5) is 32.8. The first-order valence-electron chi connectivity index (χ1n) is 8.28. The minimum atomic E-state index is -0.539. The number of amides is 1. The maximum Gasteiger partial charge on any atom is 0.308 e. The van der Waals surface area contributed by atoms with Gasteiger partial charge in [-0.3, -0.25) is 9.59 Å². The summed E-state index contributed by atoms with van der Waals surface area (Å²) in [6.07, 6.45) is 1.63. The molecule has 0 aliphatic heterocycles. The monoisotopic (exact) mass is 353 g/mol. The van der Waals surface area contributed by atoms with E-state index in [0.717, 1.165) is 11.3 Å². The Hall–Kier alpha value is -3.29. The minimum Gasteiger partial charge on any atom is -0.466 e. The van der Waals surface area contributed by atoms with Crippen LogP contribution in [0.1, 0.15) is 41.3 Å². The molecule has 3 rings (SSSR count). The number of ether oxygens (including phenoxy) is 1. The van der Waals surface area contributed by atoms with E-state index in [-0.39, 0.29) is 24.8 Å². The summed E-state index contributed by atoms with van der Waals surface area (Å²) >= 11 is 0. The molecule has 0 bridgehead atoms. The number of carbonyl (C=O) groups is 2. The lowest BCUT2D eigenvalue weighted by atomic mass is 10.0. The van der Waals surface area contributed by atoms with E-state index in [9.17, 15) is 9.59 Å². The Kier molecular flexibility index (Phi) is 5.21. The number of carbonyl (C=O) groups excluding carboxylic acids is 2. The van der Waals surface area contributed by atoms with Gasteiger partial charge in [0.1, 0.15) is 0 Å². The molecule has 0 fully saturated rings. The number of nitrogens with zero attached hydrogens (tertiary/aromatic N) is 4. The number of benzene rings is 1.